The highest BCUT2D eigenvalue weighted by Gasteiger charge is 2.42. The van der Waals surface area contributed by atoms with Gasteiger partial charge < -0.3 is 14.4 Å². The van der Waals surface area contributed by atoms with Crippen LogP contribution in [0.4, 0.5) is 19.3 Å². The van der Waals surface area contributed by atoms with Gasteiger partial charge in [-0.15, -0.1) is 0 Å². The second kappa shape index (κ2) is 8.30. The number of carbonyl (C=O) groups excluding carboxylic acids is 2. The summed E-state index contributed by atoms with van der Waals surface area (Å²) in [7, 11) is 0. The Balaban J connectivity index is 1.52. The Morgan fingerprint density at radius 2 is 1.93 bits per heavy atom. The van der Waals surface area contributed by atoms with Gasteiger partial charge in [-0.25, -0.2) is 9.18 Å². The first-order valence-electron chi connectivity index (χ1n) is 9.88. The van der Waals surface area contributed by atoms with E-state index in [-0.39, 0.29) is 30.6 Å². The maximum atomic E-state index is 14.2. The molecule has 0 N–H and O–H groups in total. The van der Waals surface area contributed by atoms with Gasteiger partial charge in [0, 0.05) is 6.54 Å². The van der Waals surface area contributed by atoms with Gasteiger partial charge in [-0.2, -0.15) is 4.39 Å². The summed E-state index contributed by atoms with van der Waals surface area (Å²) in [5.41, 5.74) is 1.02. The number of likely N-dealkylation sites (tertiary alicyclic amines) is 1. The number of halogens is 2. The first-order valence-corrected chi connectivity index (χ1v) is 9.88. The summed E-state index contributed by atoms with van der Waals surface area (Å²) in [6.45, 7) is 2.30. The van der Waals surface area contributed by atoms with E-state index in [1.165, 1.54) is 15.9 Å². The molecule has 2 amide bonds. The highest BCUT2D eigenvalue weighted by molar-refractivity contribution is 6.01. The fourth-order valence-corrected chi connectivity index (χ4v) is 3.91. The maximum Gasteiger partial charge on any atom is 0.410 e. The summed E-state index contributed by atoms with van der Waals surface area (Å²) in [6.07, 6.45) is 0.559. The number of carbonyl (C=O) groups is 2. The van der Waals surface area contributed by atoms with Gasteiger partial charge in [0.05, 0.1) is 11.7 Å². The lowest BCUT2D eigenvalue weighted by Crippen LogP contribution is -2.53. The van der Waals surface area contributed by atoms with Gasteiger partial charge in [0.15, 0.2) is 11.6 Å². The third kappa shape index (κ3) is 3.69. The van der Waals surface area contributed by atoms with Crippen LogP contribution in [-0.2, 0) is 16.1 Å². The maximum absolute atomic E-state index is 14.2. The number of anilines is 1. The average Bonchev–Trinajstić information content (AvgIpc) is 3.25. The van der Waals surface area contributed by atoms with E-state index in [0.29, 0.717) is 19.4 Å². The first kappa shape index (κ1) is 20.1. The van der Waals surface area contributed by atoms with Crippen molar-refractivity contribution in [1.82, 2.24) is 4.90 Å². The van der Waals surface area contributed by atoms with Gasteiger partial charge in [0.25, 0.3) is 0 Å². The molecule has 0 aromatic heterocycles. The normalized spacial score (nSPS) is 20.5. The van der Waals surface area contributed by atoms with Crippen LogP contribution in [0.25, 0.3) is 0 Å². The van der Waals surface area contributed by atoms with E-state index in [2.05, 4.69) is 0 Å². The van der Waals surface area contributed by atoms with Crippen LogP contribution in [-0.4, -0.2) is 42.1 Å². The number of rotatable bonds is 3. The lowest BCUT2D eigenvalue weighted by atomic mass is 10.1. The Morgan fingerprint density at radius 3 is 2.70 bits per heavy atom. The quantitative estimate of drug-likeness (QED) is 0.762. The van der Waals surface area contributed by atoms with Crippen LogP contribution >= 0.6 is 0 Å². The number of ether oxygens (including phenoxy) is 2. The molecule has 4 rings (SSSR count). The monoisotopic (exact) mass is 416 g/mol. The number of fused-ring (bicyclic) bond motifs is 1. The van der Waals surface area contributed by atoms with Gasteiger partial charge in [-0.3, -0.25) is 9.69 Å². The fourth-order valence-electron chi connectivity index (χ4n) is 3.91. The van der Waals surface area contributed by atoms with Crippen molar-refractivity contribution in [3.8, 4) is 5.75 Å². The van der Waals surface area contributed by atoms with Crippen molar-refractivity contribution in [2.24, 2.45) is 0 Å². The van der Waals surface area contributed by atoms with Gasteiger partial charge in [0.2, 0.25) is 11.7 Å². The minimum atomic E-state index is -1.12. The van der Waals surface area contributed by atoms with Crippen molar-refractivity contribution >= 4 is 17.7 Å². The summed E-state index contributed by atoms with van der Waals surface area (Å²) in [4.78, 5) is 28.8. The molecule has 0 saturated carbocycles. The smallest absolute Gasteiger partial charge is 0.410 e. The lowest BCUT2D eigenvalue weighted by molar-refractivity contribution is -0.123. The Bertz CT molecular complexity index is 954. The Labute approximate surface area is 173 Å². The second-order valence-electron chi connectivity index (χ2n) is 7.47. The van der Waals surface area contributed by atoms with Crippen LogP contribution in [0.1, 0.15) is 25.3 Å². The Hall–Kier alpha value is -3.16. The van der Waals surface area contributed by atoms with Crippen LogP contribution in [0, 0.1) is 11.6 Å². The molecule has 158 valence electrons. The van der Waals surface area contributed by atoms with Crippen LogP contribution < -0.4 is 9.64 Å². The molecule has 1 fully saturated rings. The zero-order chi connectivity index (χ0) is 21.3. The van der Waals surface area contributed by atoms with Gasteiger partial charge in [0.1, 0.15) is 19.3 Å². The predicted molar refractivity (Wildman–Crippen MR) is 105 cm³/mol. The van der Waals surface area contributed by atoms with Crippen LogP contribution in [0.2, 0.25) is 0 Å². The van der Waals surface area contributed by atoms with Crippen LogP contribution in [0.3, 0.4) is 0 Å². The third-order valence-electron chi connectivity index (χ3n) is 5.41. The molecular formula is C22H22F2N2O4. The number of nitrogens with zero attached hydrogens (tertiary/aromatic N) is 2. The van der Waals surface area contributed by atoms with Gasteiger partial charge >= 0.3 is 6.09 Å². The third-order valence-corrected chi connectivity index (χ3v) is 5.41. The topological polar surface area (TPSA) is 59.1 Å². The molecule has 30 heavy (non-hydrogen) atoms. The molecule has 0 aliphatic carbocycles. The Kier molecular flexibility index (Phi) is 5.57. The predicted octanol–water partition coefficient (Wildman–Crippen LogP) is 3.88. The van der Waals surface area contributed by atoms with Crippen molar-refractivity contribution in [3.63, 3.8) is 0 Å². The van der Waals surface area contributed by atoms with E-state index in [9.17, 15) is 18.4 Å². The van der Waals surface area contributed by atoms with E-state index in [1.807, 2.05) is 30.3 Å². The first-order chi connectivity index (χ1) is 14.5. The molecule has 2 aromatic rings. The van der Waals surface area contributed by atoms with E-state index in [0.717, 1.165) is 11.6 Å². The summed E-state index contributed by atoms with van der Waals surface area (Å²) < 4.78 is 38.5. The fraction of sp³-hybridized carbons (Fsp3) is 0.364. The molecule has 8 heteroatoms. The molecule has 2 atom stereocenters. The summed E-state index contributed by atoms with van der Waals surface area (Å²) >= 11 is 0. The van der Waals surface area contributed by atoms with E-state index < -0.39 is 29.8 Å². The standard InChI is InChI=1S/C22H22F2N2O4/c1-14-12-29-20-17(10-9-16(23)19(20)24)26(14)21(27)18-8-5-11-25(18)22(28)30-13-15-6-3-2-4-7-15/h2-4,6-7,9-10,14,18H,5,8,11-13H2,1H3. The molecule has 2 aliphatic heterocycles. The number of amides is 2. The number of benzene rings is 2. The Morgan fingerprint density at radius 1 is 1.17 bits per heavy atom. The molecule has 1 saturated heterocycles. The summed E-state index contributed by atoms with van der Waals surface area (Å²) in [5.74, 6) is -2.80. The molecular weight excluding hydrogens is 394 g/mol. The summed E-state index contributed by atoms with van der Waals surface area (Å²) in [6, 6.07) is 10.4. The largest absolute Gasteiger partial charge is 0.486 e. The van der Waals surface area contributed by atoms with Crippen LogP contribution in [0.5, 0.6) is 5.75 Å². The molecule has 0 bridgehead atoms. The second-order valence-corrected chi connectivity index (χ2v) is 7.47. The molecule has 2 unspecified atom stereocenters. The highest BCUT2D eigenvalue weighted by Crippen LogP contribution is 2.38. The zero-order valence-electron chi connectivity index (χ0n) is 16.5. The number of hydrogen-bond acceptors (Lipinski definition) is 4. The zero-order valence-corrected chi connectivity index (χ0v) is 16.5. The van der Waals surface area contributed by atoms with Gasteiger partial charge in [-0.05, 0) is 37.5 Å². The molecule has 2 aliphatic rings. The van der Waals surface area contributed by atoms with Crippen molar-refractivity contribution in [2.45, 2.75) is 38.5 Å². The molecule has 2 heterocycles. The van der Waals surface area contributed by atoms with Crippen molar-refractivity contribution in [1.29, 1.82) is 0 Å². The van der Waals surface area contributed by atoms with Crippen molar-refractivity contribution in [2.75, 3.05) is 18.1 Å². The van der Waals surface area contributed by atoms with Crippen LogP contribution in [0.15, 0.2) is 42.5 Å². The van der Waals surface area contributed by atoms with Crippen molar-refractivity contribution in [3.05, 3.63) is 59.7 Å². The average molecular weight is 416 g/mol. The minimum absolute atomic E-state index is 0.0320. The highest BCUT2D eigenvalue weighted by atomic mass is 19.2. The van der Waals surface area contributed by atoms with Gasteiger partial charge in [-0.1, -0.05) is 30.3 Å². The van der Waals surface area contributed by atoms with E-state index >= 15 is 0 Å². The molecule has 6 nitrogen and oxygen atoms in total. The SMILES string of the molecule is CC1COc2c(ccc(F)c2F)N1C(=O)C1CCCN1C(=O)OCc1ccccc1. The summed E-state index contributed by atoms with van der Waals surface area (Å²) in [5, 5.41) is 0. The van der Waals surface area contributed by atoms with E-state index in [1.54, 1.807) is 6.92 Å². The van der Waals surface area contributed by atoms with Crippen molar-refractivity contribution < 1.29 is 27.8 Å². The van der Waals surface area contributed by atoms with E-state index in [4.69, 9.17) is 9.47 Å². The number of hydrogen-bond donors (Lipinski definition) is 0. The lowest BCUT2D eigenvalue weighted by Gasteiger charge is -2.38. The molecule has 2 aromatic carbocycles. The minimum Gasteiger partial charge on any atom is -0.486 e. The molecule has 0 radical (unpaired) electrons. The molecule has 0 spiro atoms.